The van der Waals surface area contributed by atoms with Crippen molar-refractivity contribution in [2.24, 2.45) is 0 Å². The van der Waals surface area contributed by atoms with Crippen LogP contribution in [0.5, 0.6) is 5.75 Å². The summed E-state index contributed by atoms with van der Waals surface area (Å²) >= 11 is 0. The first-order valence-corrected chi connectivity index (χ1v) is 11.4. The summed E-state index contributed by atoms with van der Waals surface area (Å²) < 4.78 is 34.0. The number of benzene rings is 1. The predicted octanol–water partition coefficient (Wildman–Crippen LogP) is 2.24. The molecule has 156 valence electrons. The number of hydrogen-bond acceptors (Lipinski definition) is 6. The number of para-hydroxylation sites is 1. The van der Waals surface area contributed by atoms with Gasteiger partial charge in [-0.15, -0.1) is 0 Å². The number of carbonyl (C=O) groups is 1. The molecule has 2 aliphatic rings. The largest absolute Gasteiger partial charge is 0.482 e. The Kier molecular flexibility index (Phi) is 4.52. The minimum atomic E-state index is -3.99. The molecule has 1 fully saturated rings. The van der Waals surface area contributed by atoms with Crippen LogP contribution < -0.4 is 10.1 Å². The molecule has 1 amide bonds. The topological polar surface area (TPSA) is 93.5 Å². The van der Waals surface area contributed by atoms with Crippen LogP contribution in [0.25, 0.3) is 11.0 Å². The number of likely N-dealkylation sites (tertiary alicyclic amines) is 1. The van der Waals surface area contributed by atoms with Gasteiger partial charge in [0.1, 0.15) is 16.3 Å². The predicted molar refractivity (Wildman–Crippen MR) is 112 cm³/mol. The van der Waals surface area contributed by atoms with Gasteiger partial charge in [0.2, 0.25) is 0 Å². The van der Waals surface area contributed by atoms with Crippen molar-refractivity contribution in [2.45, 2.75) is 30.2 Å². The van der Waals surface area contributed by atoms with Crippen LogP contribution in [0.4, 0.5) is 5.69 Å². The molecule has 1 atom stereocenters. The van der Waals surface area contributed by atoms with Gasteiger partial charge in [0.25, 0.3) is 15.9 Å². The third kappa shape index (κ3) is 3.05. The van der Waals surface area contributed by atoms with E-state index in [1.165, 1.54) is 10.0 Å². The molecule has 0 radical (unpaired) electrons. The van der Waals surface area contributed by atoms with Gasteiger partial charge in [0.05, 0.1) is 11.0 Å². The summed E-state index contributed by atoms with van der Waals surface area (Å²) in [5.41, 5.74) is 2.29. The molecule has 1 saturated heterocycles. The summed E-state index contributed by atoms with van der Waals surface area (Å²) in [6, 6.07) is 8.59. The zero-order valence-electron chi connectivity index (χ0n) is 16.5. The summed E-state index contributed by atoms with van der Waals surface area (Å²) in [6.07, 6.45) is 6.31. The van der Waals surface area contributed by atoms with Crippen LogP contribution in [0.15, 0.2) is 47.6 Å². The van der Waals surface area contributed by atoms with Gasteiger partial charge in [-0.05, 0) is 62.7 Å². The Morgan fingerprint density at radius 1 is 1.27 bits per heavy atom. The van der Waals surface area contributed by atoms with E-state index in [1.807, 2.05) is 0 Å². The number of likely N-dealkylation sites (N-methyl/N-ethyl adjacent to an activating group) is 1. The Hall–Kier alpha value is -2.91. The monoisotopic (exact) mass is 426 g/mol. The van der Waals surface area contributed by atoms with Gasteiger partial charge in [-0.3, -0.25) is 9.78 Å². The summed E-state index contributed by atoms with van der Waals surface area (Å²) in [6.45, 7) is 0.914. The van der Waals surface area contributed by atoms with E-state index in [9.17, 15) is 13.2 Å². The van der Waals surface area contributed by atoms with E-state index in [0.717, 1.165) is 31.4 Å². The second-order valence-corrected chi connectivity index (χ2v) is 9.56. The highest BCUT2D eigenvalue weighted by Gasteiger charge is 2.30. The fourth-order valence-corrected chi connectivity index (χ4v) is 5.87. The van der Waals surface area contributed by atoms with Crippen LogP contribution >= 0.6 is 0 Å². The maximum absolute atomic E-state index is 13.7. The zero-order valence-corrected chi connectivity index (χ0v) is 17.4. The van der Waals surface area contributed by atoms with Gasteiger partial charge in [-0.2, -0.15) is 0 Å². The number of pyridine rings is 1. The highest BCUT2D eigenvalue weighted by molar-refractivity contribution is 7.90. The maximum atomic E-state index is 13.7. The van der Waals surface area contributed by atoms with E-state index in [-0.39, 0.29) is 23.1 Å². The van der Waals surface area contributed by atoms with Crippen molar-refractivity contribution in [3.63, 3.8) is 0 Å². The summed E-state index contributed by atoms with van der Waals surface area (Å²) in [5.74, 6) is -0.0350. The molecule has 2 aromatic heterocycles. The molecular formula is C21H22N4O4S. The first-order chi connectivity index (χ1) is 14.4. The number of anilines is 1. The molecule has 4 heterocycles. The number of fused-ring (bicyclic) bond motifs is 2. The quantitative estimate of drug-likeness (QED) is 0.688. The maximum Gasteiger partial charge on any atom is 0.270 e. The number of carbonyl (C=O) groups excluding carboxylic acids is 1. The van der Waals surface area contributed by atoms with Crippen LogP contribution in [0.1, 0.15) is 18.4 Å². The summed E-state index contributed by atoms with van der Waals surface area (Å²) in [5, 5.41) is 2.65. The average Bonchev–Trinajstić information content (AvgIpc) is 3.32. The number of aromatic nitrogens is 2. The highest BCUT2D eigenvalue weighted by atomic mass is 32.2. The Bertz CT molecular complexity index is 1250. The number of ether oxygens (including phenoxy) is 1. The number of nitrogens with one attached hydrogen (secondary N) is 1. The molecular weight excluding hydrogens is 404 g/mol. The highest BCUT2D eigenvalue weighted by Crippen LogP contribution is 2.36. The molecule has 3 aromatic rings. The third-order valence-corrected chi connectivity index (χ3v) is 7.59. The molecule has 5 rings (SSSR count). The van der Waals surface area contributed by atoms with E-state index < -0.39 is 10.0 Å². The molecule has 8 nitrogen and oxygen atoms in total. The first kappa shape index (κ1) is 19.1. The average molecular weight is 426 g/mol. The molecule has 2 aliphatic heterocycles. The van der Waals surface area contributed by atoms with Crippen molar-refractivity contribution in [2.75, 3.05) is 25.5 Å². The van der Waals surface area contributed by atoms with Gasteiger partial charge in [-0.1, -0.05) is 6.07 Å². The van der Waals surface area contributed by atoms with Crippen molar-refractivity contribution in [1.29, 1.82) is 0 Å². The van der Waals surface area contributed by atoms with Crippen LogP contribution in [-0.2, 0) is 21.2 Å². The molecule has 0 saturated carbocycles. The fourth-order valence-electron chi connectivity index (χ4n) is 4.33. The molecule has 1 N–H and O–H groups in total. The van der Waals surface area contributed by atoms with Gasteiger partial charge in [0, 0.05) is 18.4 Å². The molecule has 0 aliphatic carbocycles. The number of amides is 1. The van der Waals surface area contributed by atoms with E-state index in [4.69, 9.17) is 4.74 Å². The molecule has 0 bridgehead atoms. The first-order valence-electron chi connectivity index (χ1n) is 9.91. The second-order valence-electron chi connectivity index (χ2n) is 7.77. The van der Waals surface area contributed by atoms with E-state index in [0.29, 0.717) is 22.8 Å². The van der Waals surface area contributed by atoms with Gasteiger partial charge in [-0.25, -0.2) is 12.4 Å². The lowest BCUT2D eigenvalue weighted by Crippen LogP contribution is -2.27. The zero-order chi connectivity index (χ0) is 20.9. The minimum absolute atomic E-state index is 0.00154. The van der Waals surface area contributed by atoms with E-state index in [2.05, 4.69) is 22.2 Å². The van der Waals surface area contributed by atoms with Gasteiger partial charge < -0.3 is 15.0 Å². The lowest BCUT2D eigenvalue weighted by Gasteiger charge is -2.21. The van der Waals surface area contributed by atoms with Crippen LogP contribution in [-0.4, -0.2) is 54.4 Å². The lowest BCUT2D eigenvalue weighted by atomic mass is 10.1. The van der Waals surface area contributed by atoms with Crippen molar-refractivity contribution in [3.8, 4) is 5.75 Å². The standard InChI is InChI=1S/C21H22N4O4S/c1-24-10-4-5-15(24)11-14-12-25(16-6-3-9-22-20(14)16)30(27,28)18-8-2-7-17-21(18)23-19(26)13-29-17/h2-3,6-9,12,15H,4-5,10-11,13H2,1H3,(H,23,26)/t15-/m0/s1. The van der Waals surface area contributed by atoms with Crippen LogP contribution in [0.2, 0.25) is 0 Å². The lowest BCUT2D eigenvalue weighted by molar-refractivity contribution is -0.118. The summed E-state index contributed by atoms with van der Waals surface area (Å²) in [7, 11) is -1.89. The smallest absolute Gasteiger partial charge is 0.270 e. The Labute approximate surface area is 174 Å². The van der Waals surface area contributed by atoms with Crippen molar-refractivity contribution < 1.29 is 17.9 Å². The van der Waals surface area contributed by atoms with Crippen molar-refractivity contribution in [1.82, 2.24) is 13.9 Å². The fraction of sp³-hybridized carbons (Fsp3) is 0.333. The van der Waals surface area contributed by atoms with Crippen LogP contribution in [0.3, 0.4) is 0 Å². The number of hydrogen-bond donors (Lipinski definition) is 1. The van der Waals surface area contributed by atoms with Crippen molar-refractivity contribution in [3.05, 3.63) is 48.3 Å². The SMILES string of the molecule is CN1CCC[C@H]1Cc1cn(S(=O)(=O)c2cccc3c2NC(=O)CO3)c2cccnc12. The number of nitrogens with zero attached hydrogens (tertiary/aromatic N) is 3. The Morgan fingerprint density at radius 2 is 2.13 bits per heavy atom. The van der Waals surface area contributed by atoms with Crippen molar-refractivity contribution >= 4 is 32.7 Å². The molecule has 9 heteroatoms. The van der Waals surface area contributed by atoms with Crippen LogP contribution in [0, 0.1) is 0 Å². The van der Waals surface area contributed by atoms with E-state index >= 15 is 0 Å². The van der Waals surface area contributed by atoms with Gasteiger partial charge >= 0.3 is 0 Å². The molecule has 1 aromatic carbocycles. The minimum Gasteiger partial charge on any atom is -0.482 e. The second kappa shape index (κ2) is 7.10. The Balaban J connectivity index is 1.64. The molecule has 0 spiro atoms. The third-order valence-electron chi connectivity index (χ3n) is 5.88. The Morgan fingerprint density at radius 3 is 2.93 bits per heavy atom. The molecule has 30 heavy (non-hydrogen) atoms. The van der Waals surface area contributed by atoms with Gasteiger partial charge in [0.15, 0.2) is 6.61 Å². The summed E-state index contributed by atoms with van der Waals surface area (Å²) in [4.78, 5) is 18.6. The number of rotatable bonds is 4. The molecule has 0 unspecified atom stereocenters. The normalized spacial score (nSPS) is 19.5. The van der Waals surface area contributed by atoms with E-state index in [1.54, 1.807) is 36.7 Å².